The minimum absolute atomic E-state index is 0.0280. The molecule has 0 bridgehead atoms. The maximum atomic E-state index is 12.8. The monoisotopic (exact) mass is 570 g/mol. The summed E-state index contributed by atoms with van der Waals surface area (Å²) in [5, 5.41) is 10.2. The quantitative estimate of drug-likeness (QED) is 0.442. The number of halogens is 3. The Kier molecular flexibility index (Phi) is 9.01. The highest BCUT2D eigenvalue weighted by molar-refractivity contribution is 7.92. The number of amides is 1. The SMILES string of the molecule is CC(C)(C)c1ccc(S(=O)(=O)Nc2ccc(C3(C(=O)NCC4CCCO4)CC3)cc2)cc1.O=C(O)C(F)(F)F. The van der Waals surface area contributed by atoms with Gasteiger partial charge < -0.3 is 15.2 Å². The Balaban J connectivity index is 0.000000532. The number of hydrogen-bond acceptors (Lipinski definition) is 5. The van der Waals surface area contributed by atoms with Gasteiger partial charge >= 0.3 is 12.1 Å². The Morgan fingerprint density at radius 3 is 2.03 bits per heavy atom. The summed E-state index contributed by atoms with van der Waals surface area (Å²) in [6.07, 6.45) is -1.33. The van der Waals surface area contributed by atoms with Crippen LogP contribution < -0.4 is 10.0 Å². The number of rotatable bonds is 7. The number of carbonyl (C=O) groups excluding carboxylic acids is 1. The van der Waals surface area contributed by atoms with Crippen molar-refractivity contribution in [3.63, 3.8) is 0 Å². The number of anilines is 1. The largest absolute Gasteiger partial charge is 0.490 e. The maximum absolute atomic E-state index is 12.8. The van der Waals surface area contributed by atoms with Crippen molar-refractivity contribution in [3.05, 3.63) is 59.7 Å². The molecule has 2 aliphatic rings. The normalized spacial score (nSPS) is 18.5. The fourth-order valence-electron chi connectivity index (χ4n) is 4.16. The molecule has 1 heterocycles. The van der Waals surface area contributed by atoms with Gasteiger partial charge in [-0.2, -0.15) is 13.2 Å². The van der Waals surface area contributed by atoms with E-state index in [1.807, 2.05) is 24.3 Å². The third-order valence-electron chi connectivity index (χ3n) is 6.66. The van der Waals surface area contributed by atoms with Gasteiger partial charge in [0.2, 0.25) is 5.91 Å². The van der Waals surface area contributed by atoms with Gasteiger partial charge in [0.15, 0.2) is 0 Å². The van der Waals surface area contributed by atoms with Crippen molar-refractivity contribution in [1.82, 2.24) is 5.32 Å². The van der Waals surface area contributed by atoms with E-state index in [9.17, 15) is 26.4 Å². The van der Waals surface area contributed by atoms with Crippen LogP contribution in [0.15, 0.2) is 53.4 Å². The molecule has 2 aromatic rings. The fraction of sp³-hybridized carbons (Fsp3) is 0.481. The van der Waals surface area contributed by atoms with Gasteiger partial charge in [-0.05, 0) is 66.5 Å². The van der Waals surface area contributed by atoms with E-state index in [2.05, 4.69) is 30.8 Å². The Hall–Kier alpha value is -3.12. The highest BCUT2D eigenvalue weighted by Crippen LogP contribution is 2.48. The van der Waals surface area contributed by atoms with Crippen LogP contribution in [0.3, 0.4) is 0 Å². The van der Waals surface area contributed by atoms with Crippen LogP contribution in [0.25, 0.3) is 0 Å². The second-order valence-corrected chi connectivity index (χ2v) is 12.4. The van der Waals surface area contributed by atoms with E-state index < -0.39 is 27.6 Å². The molecule has 1 saturated carbocycles. The van der Waals surface area contributed by atoms with Gasteiger partial charge in [-0.1, -0.05) is 45.0 Å². The van der Waals surface area contributed by atoms with Crippen molar-refractivity contribution >= 4 is 27.6 Å². The van der Waals surface area contributed by atoms with Crippen LogP contribution in [0, 0.1) is 0 Å². The van der Waals surface area contributed by atoms with Crippen molar-refractivity contribution in [2.45, 2.75) is 74.5 Å². The number of carboxylic acid groups (broad SMARTS) is 1. The third kappa shape index (κ3) is 7.95. The molecule has 1 aliphatic carbocycles. The van der Waals surface area contributed by atoms with Crippen LogP contribution in [0.1, 0.15) is 57.6 Å². The number of benzene rings is 2. The van der Waals surface area contributed by atoms with Gasteiger partial charge in [-0.3, -0.25) is 9.52 Å². The lowest BCUT2D eigenvalue weighted by atomic mass is 9.87. The zero-order valence-corrected chi connectivity index (χ0v) is 22.8. The molecule has 1 saturated heterocycles. The van der Waals surface area contributed by atoms with Gasteiger partial charge in [0, 0.05) is 18.8 Å². The molecule has 12 heteroatoms. The lowest BCUT2D eigenvalue weighted by Gasteiger charge is -2.19. The number of nitrogens with one attached hydrogen (secondary N) is 2. The summed E-state index contributed by atoms with van der Waals surface area (Å²) in [7, 11) is -3.69. The summed E-state index contributed by atoms with van der Waals surface area (Å²) in [6, 6.07) is 14.1. The Bertz CT molecular complexity index is 1260. The van der Waals surface area contributed by atoms with E-state index in [1.54, 1.807) is 24.3 Å². The lowest BCUT2D eigenvalue weighted by Crippen LogP contribution is -2.39. The molecule has 0 radical (unpaired) electrons. The second-order valence-electron chi connectivity index (χ2n) is 10.7. The summed E-state index contributed by atoms with van der Waals surface area (Å²) in [4.78, 5) is 21.9. The van der Waals surface area contributed by atoms with Crippen LogP contribution in [0.2, 0.25) is 0 Å². The van der Waals surface area contributed by atoms with E-state index in [0.29, 0.717) is 12.2 Å². The molecule has 2 fully saturated rings. The summed E-state index contributed by atoms with van der Waals surface area (Å²) in [5.41, 5.74) is 1.93. The molecule has 1 aliphatic heterocycles. The lowest BCUT2D eigenvalue weighted by molar-refractivity contribution is -0.192. The van der Waals surface area contributed by atoms with Crippen molar-refractivity contribution in [2.24, 2.45) is 0 Å². The summed E-state index contributed by atoms with van der Waals surface area (Å²) < 4.78 is 65.5. The van der Waals surface area contributed by atoms with Gasteiger partial charge in [0.05, 0.1) is 16.4 Å². The summed E-state index contributed by atoms with van der Waals surface area (Å²) >= 11 is 0. The Morgan fingerprint density at radius 2 is 1.59 bits per heavy atom. The first-order valence-corrected chi connectivity index (χ1v) is 14.0. The molecule has 0 spiro atoms. The predicted octanol–water partition coefficient (Wildman–Crippen LogP) is 4.75. The molecular weight excluding hydrogens is 537 g/mol. The standard InChI is InChI=1S/C25H32N2O4S.C2HF3O2/c1-24(2,3)18-8-12-22(13-9-18)32(29,30)27-20-10-6-19(7-11-20)25(14-15-25)23(28)26-17-21-5-4-16-31-21;3-2(4,5)1(6)7/h6-13,21,27H,4-5,14-17H2,1-3H3,(H,26,28);(H,6,7). The van der Waals surface area contributed by atoms with Crippen molar-refractivity contribution < 1.29 is 41.0 Å². The molecule has 3 N–H and O–H groups in total. The van der Waals surface area contributed by atoms with E-state index in [1.165, 1.54) is 0 Å². The first kappa shape index (κ1) is 30.4. The van der Waals surface area contributed by atoms with E-state index in [-0.39, 0.29) is 22.3 Å². The van der Waals surface area contributed by atoms with Crippen LogP contribution in [-0.4, -0.2) is 50.8 Å². The minimum atomic E-state index is -5.08. The van der Waals surface area contributed by atoms with E-state index >= 15 is 0 Å². The first-order chi connectivity index (χ1) is 18.0. The zero-order valence-electron chi connectivity index (χ0n) is 22.0. The van der Waals surface area contributed by atoms with E-state index in [0.717, 1.165) is 43.4 Å². The number of sulfonamides is 1. The molecular formula is C27H33F3N2O6S. The third-order valence-corrected chi connectivity index (χ3v) is 8.06. The number of aliphatic carboxylic acids is 1. The van der Waals surface area contributed by atoms with Crippen molar-refractivity contribution in [2.75, 3.05) is 17.9 Å². The van der Waals surface area contributed by atoms with Gasteiger partial charge in [0.25, 0.3) is 10.0 Å². The average Bonchev–Trinajstić information content (AvgIpc) is 3.50. The minimum Gasteiger partial charge on any atom is -0.475 e. The zero-order chi connectivity index (χ0) is 29.1. The highest BCUT2D eigenvalue weighted by Gasteiger charge is 2.51. The highest BCUT2D eigenvalue weighted by atomic mass is 32.2. The van der Waals surface area contributed by atoms with Gasteiger partial charge in [0.1, 0.15) is 0 Å². The van der Waals surface area contributed by atoms with Crippen LogP contribution >= 0.6 is 0 Å². The Morgan fingerprint density at radius 1 is 1.03 bits per heavy atom. The summed E-state index contributed by atoms with van der Waals surface area (Å²) in [6.45, 7) is 7.58. The molecule has 39 heavy (non-hydrogen) atoms. The summed E-state index contributed by atoms with van der Waals surface area (Å²) in [5.74, 6) is -2.73. The smallest absolute Gasteiger partial charge is 0.475 e. The number of alkyl halides is 3. The van der Waals surface area contributed by atoms with Crippen LogP contribution in [0.5, 0.6) is 0 Å². The molecule has 4 rings (SSSR count). The van der Waals surface area contributed by atoms with Crippen molar-refractivity contribution in [3.8, 4) is 0 Å². The molecule has 1 amide bonds. The topological polar surface area (TPSA) is 122 Å². The first-order valence-electron chi connectivity index (χ1n) is 12.5. The maximum Gasteiger partial charge on any atom is 0.490 e. The molecule has 214 valence electrons. The van der Waals surface area contributed by atoms with Crippen LogP contribution in [-0.2, 0) is 35.2 Å². The number of carbonyl (C=O) groups is 2. The molecule has 1 atom stereocenters. The van der Waals surface area contributed by atoms with Crippen molar-refractivity contribution in [1.29, 1.82) is 0 Å². The molecule has 1 unspecified atom stereocenters. The molecule has 8 nitrogen and oxygen atoms in total. The Labute approximate surface area is 226 Å². The fourth-order valence-corrected chi connectivity index (χ4v) is 5.22. The molecule has 2 aromatic carbocycles. The molecule has 0 aromatic heterocycles. The van der Waals surface area contributed by atoms with Gasteiger partial charge in [-0.25, -0.2) is 13.2 Å². The van der Waals surface area contributed by atoms with Crippen LogP contribution in [0.4, 0.5) is 18.9 Å². The average molecular weight is 571 g/mol. The number of carboxylic acids is 1. The number of ether oxygens (including phenoxy) is 1. The second kappa shape index (κ2) is 11.5. The number of hydrogen-bond donors (Lipinski definition) is 3. The predicted molar refractivity (Wildman–Crippen MR) is 139 cm³/mol. The van der Waals surface area contributed by atoms with Gasteiger partial charge in [-0.15, -0.1) is 0 Å². The van der Waals surface area contributed by atoms with E-state index in [4.69, 9.17) is 14.6 Å².